The number of halogens is 1. The molecule has 0 saturated heterocycles. The molecule has 2 aromatic carbocycles. The molecule has 18 heavy (non-hydrogen) atoms. The van der Waals surface area contributed by atoms with E-state index in [0.29, 0.717) is 0 Å². The number of rotatable bonds is 3. The van der Waals surface area contributed by atoms with Crippen LogP contribution in [0.2, 0.25) is 5.02 Å². The van der Waals surface area contributed by atoms with Crippen LogP contribution in [0.4, 0.5) is 0 Å². The topological polar surface area (TPSA) is 26.0 Å². The summed E-state index contributed by atoms with van der Waals surface area (Å²) in [6.45, 7) is 4.25. The van der Waals surface area contributed by atoms with E-state index in [4.69, 9.17) is 17.3 Å². The number of nitrogens with two attached hydrogens (primary N) is 1. The van der Waals surface area contributed by atoms with Gasteiger partial charge in [-0.05, 0) is 54.7 Å². The first-order chi connectivity index (χ1) is 8.56. The molecule has 2 heteroatoms. The maximum absolute atomic E-state index is 6.23. The number of benzene rings is 2. The van der Waals surface area contributed by atoms with E-state index in [-0.39, 0.29) is 6.04 Å². The van der Waals surface area contributed by atoms with E-state index >= 15 is 0 Å². The van der Waals surface area contributed by atoms with E-state index in [2.05, 4.69) is 32.0 Å². The molecule has 0 aliphatic heterocycles. The van der Waals surface area contributed by atoms with Gasteiger partial charge in [-0.2, -0.15) is 0 Å². The molecule has 0 aliphatic carbocycles. The van der Waals surface area contributed by atoms with Gasteiger partial charge in [0.1, 0.15) is 0 Å². The van der Waals surface area contributed by atoms with Gasteiger partial charge in [0.05, 0.1) is 0 Å². The summed E-state index contributed by atoms with van der Waals surface area (Å²) in [5, 5.41) is 0.739. The molecular formula is C16H18ClN. The van der Waals surface area contributed by atoms with Crippen molar-refractivity contribution in [3.05, 3.63) is 69.7 Å². The Bertz CT molecular complexity index is 549. The second kappa shape index (κ2) is 5.55. The normalized spacial score (nSPS) is 12.4. The van der Waals surface area contributed by atoms with Gasteiger partial charge in [0.25, 0.3) is 0 Å². The number of hydrogen-bond acceptors (Lipinski definition) is 1. The van der Waals surface area contributed by atoms with Crippen LogP contribution in [-0.4, -0.2) is 0 Å². The first kappa shape index (κ1) is 13.1. The Morgan fingerprint density at radius 2 is 1.83 bits per heavy atom. The monoisotopic (exact) mass is 259 g/mol. The molecule has 2 aromatic rings. The summed E-state index contributed by atoms with van der Waals surface area (Å²) in [4.78, 5) is 0. The molecule has 0 aromatic heterocycles. The summed E-state index contributed by atoms with van der Waals surface area (Å²) in [7, 11) is 0. The Morgan fingerprint density at radius 1 is 1.06 bits per heavy atom. The summed E-state index contributed by atoms with van der Waals surface area (Å²) in [6, 6.07) is 14.3. The van der Waals surface area contributed by atoms with E-state index < -0.39 is 0 Å². The highest BCUT2D eigenvalue weighted by Crippen LogP contribution is 2.20. The van der Waals surface area contributed by atoms with Crippen molar-refractivity contribution in [2.75, 3.05) is 0 Å². The molecule has 0 aliphatic rings. The van der Waals surface area contributed by atoms with Crippen LogP contribution in [0.15, 0.2) is 42.5 Å². The van der Waals surface area contributed by atoms with Gasteiger partial charge in [-0.3, -0.25) is 0 Å². The van der Waals surface area contributed by atoms with Crippen molar-refractivity contribution in [2.45, 2.75) is 26.3 Å². The summed E-state index contributed by atoms with van der Waals surface area (Å²) in [6.07, 6.45) is 0.835. The van der Waals surface area contributed by atoms with E-state index in [1.54, 1.807) is 0 Å². The number of hydrogen-bond donors (Lipinski definition) is 1. The average Bonchev–Trinajstić information content (AvgIpc) is 2.34. The molecule has 0 bridgehead atoms. The van der Waals surface area contributed by atoms with Crippen LogP contribution in [-0.2, 0) is 6.42 Å². The Hall–Kier alpha value is -1.31. The van der Waals surface area contributed by atoms with Crippen molar-refractivity contribution >= 4 is 11.6 Å². The van der Waals surface area contributed by atoms with Crippen LogP contribution in [0, 0.1) is 13.8 Å². The zero-order chi connectivity index (χ0) is 13.1. The molecular weight excluding hydrogens is 242 g/mol. The van der Waals surface area contributed by atoms with Crippen LogP contribution in [0.3, 0.4) is 0 Å². The van der Waals surface area contributed by atoms with Gasteiger partial charge in [-0.1, -0.05) is 41.9 Å². The molecule has 0 fully saturated rings. The summed E-state index contributed by atoms with van der Waals surface area (Å²) >= 11 is 5.98. The Labute approximate surface area is 114 Å². The standard InChI is InChI=1S/C16H18ClN/c1-11-6-7-13(8-12(11)2)9-16(18)14-4-3-5-15(17)10-14/h3-8,10,16H,9,18H2,1-2H3. The fourth-order valence-corrected chi connectivity index (χ4v) is 2.24. The van der Waals surface area contributed by atoms with Crippen molar-refractivity contribution in [3.63, 3.8) is 0 Å². The molecule has 2 rings (SSSR count). The minimum absolute atomic E-state index is 0.00851. The summed E-state index contributed by atoms with van der Waals surface area (Å²) in [5.74, 6) is 0. The zero-order valence-corrected chi connectivity index (χ0v) is 11.5. The quantitative estimate of drug-likeness (QED) is 0.878. The minimum atomic E-state index is -0.00851. The van der Waals surface area contributed by atoms with Crippen LogP contribution in [0.5, 0.6) is 0 Å². The van der Waals surface area contributed by atoms with Crippen molar-refractivity contribution in [1.82, 2.24) is 0 Å². The second-order valence-electron chi connectivity index (χ2n) is 4.78. The van der Waals surface area contributed by atoms with E-state index in [0.717, 1.165) is 17.0 Å². The predicted molar refractivity (Wildman–Crippen MR) is 78.0 cm³/mol. The summed E-state index contributed by atoms with van der Waals surface area (Å²) < 4.78 is 0. The molecule has 0 radical (unpaired) electrons. The van der Waals surface area contributed by atoms with Crippen molar-refractivity contribution in [2.24, 2.45) is 5.73 Å². The van der Waals surface area contributed by atoms with Crippen LogP contribution in [0.1, 0.15) is 28.3 Å². The largest absolute Gasteiger partial charge is 0.324 e. The lowest BCUT2D eigenvalue weighted by Crippen LogP contribution is -2.13. The first-order valence-corrected chi connectivity index (χ1v) is 6.51. The summed E-state index contributed by atoms with van der Waals surface area (Å²) in [5.41, 5.74) is 11.2. The number of aryl methyl sites for hydroxylation is 2. The van der Waals surface area contributed by atoms with Crippen molar-refractivity contribution < 1.29 is 0 Å². The maximum Gasteiger partial charge on any atom is 0.0409 e. The molecule has 1 nitrogen and oxygen atoms in total. The van der Waals surface area contributed by atoms with Crippen molar-refractivity contribution in [1.29, 1.82) is 0 Å². The Morgan fingerprint density at radius 3 is 2.50 bits per heavy atom. The second-order valence-corrected chi connectivity index (χ2v) is 5.22. The van der Waals surface area contributed by atoms with Gasteiger partial charge in [0, 0.05) is 11.1 Å². The highest BCUT2D eigenvalue weighted by molar-refractivity contribution is 6.30. The molecule has 0 spiro atoms. The van der Waals surface area contributed by atoms with Gasteiger partial charge in [-0.25, -0.2) is 0 Å². The Kier molecular flexibility index (Phi) is 4.05. The molecule has 2 N–H and O–H groups in total. The fourth-order valence-electron chi connectivity index (χ4n) is 2.04. The molecule has 94 valence electrons. The third kappa shape index (κ3) is 3.12. The third-order valence-electron chi connectivity index (χ3n) is 3.30. The maximum atomic E-state index is 6.23. The average molecular weight is 260 g/mol. The lowest BCUT2D eigenvalue weighted by atomic mass is 9.97. The molecule has 1 atom stereocenters. The lowest BCUT2D eigenvalue weighted by molar-refractivity contribution is 0.721. The fraction of sp³-hybridized carbons (Fsp3) is 0.250. The van der Waals surface area contributed by atoms with Gasteiger partial charge < -0.3 is 5.73 Å². The van der Waals surface area contributed by atoms with Gasteiger partial charge in [0.2, 0.25) is 0 Å². The van der Waals surface area contributed by atoms with Crippen LogP contribution in [0.25, 0.3) is 0 Å². The smallest absolute Gasteiger partial charge is 0.0409 e. The minimum Gasteiger partial charge on any atom is -0.324 e. The molecule has 0 saturated carbocycles. The first-order valence-electron chi connectivity index (χ1n) is 6.13. The van der Waals surface area contributed by atoms with E-state index in [9.17, 15) is 0 Å². The molecule has 0 heterocycles. The highest BCUT2D eigenvalue weighted by atomic mass is 35.5. The van der Waals surface area contributed by atoms with Crippen LogP contribution >= 0.6 is 11.6 Å². The van der Waals surface area contributed by atoms with Gasteiger partial charge >= 0.3 is 0 Å². The van der Waals surface area contributed by atoms with Crippen molar-refractivity contribution in [3.8, 4) is 0 Å². The predicted octanol–water partition coefficient (Wildman–Crippen LogP) is 4.20. The SMILES string of the molecule is Cc1ccc(CC(N)c2cccc(Cl)c2)cc1C. The van der Waals surface area contributed by atoms with E-state index in [1.165, 1.54) is 16.7 Å². The van der Waals surface area contributed by atoms with Gasteiger partial charge in [0.15, 0.2) is 0 Å². The highest BCUT2D eigenvalue weighted by Gasteiger charge is 2.08. The lowest BCUT2D eigenvalue weighted by Gasteiger charge is -2.13. The van der Waals surface area contributed by atoms with Crippen LogP contribution < -0.4 is 5.73 Å². The Balaban J connectivity index is 2.16. The molecule has 1 unspecified atom stereocenters. The van der Waals surface area contributed by atoms with Gasteiger partial charge in [-0.15, -0.1) is 0 Å². The zero-order valence-electron chi connectivity index (χ0n) is 10.8. The third-order valence-corrected chi connectivity index (χ3v) is 3.54. The molecule has 0 amide bonds. The van der Waals surface area contributed by atoms with E-state index in [1.807, 2.05) is 24.3 Å².